The maximum atomic E-state index is 11.3. The lowest BCUT2D eigenvalue weighted by atomic mass is 10.4. The number of ether oxygens (including phenoxy) is 4. The van der Waals surface area contributed by atoms with Gasteiger partial charge in [0.1, 0.15) is 0 Å². The molecule has 0 aliphatic carbocycles. The number of likely N-dealkylation sites (N-methyl/N-ethyl adjacent to an activating group) is 1. The van der Waals surface area contributed by atoms with Crippen molar-refractivity contribution in [2.45, 2.75) is 13.8 Å². The predicted octanol–water partition coefficient (Wildman–Crippen LogP) is 0.551. The Morgan fingerprint density at radius 3 is 2.21 bits per heavy atom. The molecule has 0 aliphatic rings. The first-order chi connectivity index (χ1) is 9.24. The highest BCUT2D eigenvalue weighted by molar-refractivity contribution is 5.71. The molecule has 0 amide bonds. The van der Waals surface area contributed by atoms with E-state index in [-0.39, 0.29) is 5.97 Å². The zero-order valence-electron chi connectivity index (χ0n) is 12.4. The fraction of sp³-hybridized carbons (Fsp3) is 0.923. The molecule has 0 aromatic heterocycles. The zero-order valence-corrected chi connectivity index (χ0v) is 12.4. The summed E-state index contributed by atoms with van der Waals surface area (Å²) in [4.78, 5) is 13.3. The number of esters is 1. The Bertz CT molecular complexity index is 213. The highest BCUT2D eigenvalue weighted by Gasteiger charge is 2.09. The van der Waals surface area contributed by atoms with Crippen LogP contribution in [-0.4, -0.2) is 77.3 Å². The lowest BCUT2D eigenvalue weighted by molar-refractivity contribution is -0.144. The van der Waals surface area contributed by atoms with Crippen LogP contribution in [0.4, 0.5) is 0 Å². The van der Waals surface area contributed by atoms with E-state index in [9.17, 15) is 4.79 Å². The van der Waals surface area contributed by atoms with Crippen LogP contribution < -0.4 is 0 Å². The molecular formula is C13H27NO5. The highest BCUT2D eigenvalue weighted by atomic mass is 16.5. The maximum absolute atomic E-state index is 11.3. The van der Waals surface area contributed by atoms with Crippen LogP contribution in [0.25, 0.3) is 0 Å². The molecule has 0 rings (SSSR count). The molecule has 0 aromatic carbocycles. The van der Waals surface area contributed by atoms with Crippen LogP contribution in [0.2, 0.25) is 0 Å². The largest absolute Gasteiger partial charge is 0.465 e. The number of nitrogens with zero attached hydrogens (tertiary/aromatic N) is 1. The molecule has 0 atom stereocenters. The van der Waals surface area contributed by atoms with Gasteiger partial charge in [-0.2, -0.15) is 0 Å². The van der Waals surface area contributed by atoms with E-state index in [1.165, 1.54) is 0 Å². The van der Waals surface area contributed by atoms with Gasteiger partial charge in [0.2, 0.25) is 0 Å². The molecule has 6 heteroatoms. The molecule has 114 valence electrons. The number of carbonyl (C=O) groups excluding carboxylic acids is 1. The van der Waals surface area contributed by atoms with E-state index in [1.807, 2.05) is 11.8 Å². The van der Waals surface area contributed by atoms with Crippen molar-refractivity contribution in [3.63, 3.8) is 0 Å². The van der Waals surface area contributed by atoms with Crippen LogP contribution in [0.3, 0.4) is 0 Å². The molecule has 0 unspecified atom stereocenters. The van der Waals surface area contributed by atoms with Crippen molar-refractivity contribution in [3.05, 3.63) is 0 Å². The van der Waals surface area contributed by atoms with Gasteiger partial charge in [-0.05, 0) is 13.5 Å². The van der Waals surface area contributed by atoms with E-state index >= 15 is 0 Å². The summed E-state index contributed by atoms with van der Waals surface area (Å²) >= 11 is 0. The summed E-state index contributed by atoms with van der Waals surface area (Å²) in [7, 11) is 1.64. The molecule has 0 spiro atoms. The second-order valence-corrected chi connectivity index (χ2v) is 3.89. The van der Waals surface area contributed by atoms with Gasteiger partial charge in [-0.15, -0.1) is 0 Å². The van der Waals surface area contributed by atoms with Gasteiger partial charge in [-0.25, -0.2) is 0 Å². The number of rotatable bonds is 13. The van der Waals surface area contributed by atoms with Crippen LogP contribution in [0.15, 0.2) is 0 Å². The Kier molecular flexibility index (Phi) is 13.2. The first-order valence-electron chi connectivity index (χ1n) is 6.76. The molecule has 0 heterocycles. The van der Waals surface area contributed by atoms with Gasteiger partial charge >= 0.3 is 5.97 Å². The number of carbonyl (C=O) groups is 1. The standard InChI is InChI=1S/C13H27NO5/c1-4-14(12-13(15)19-5-2)6-7-17-10-11-18-9-8-16-3/h4-12H2,1-3H3. The quantitative estimate of drug-likeness (QED) is 0.362. The molecule has 0 fully saturated rings. The molecule has 6 nitrogen and oxygen atoms in total. The van der Waals surface area contributed by atoms with Gasteiger partial charge in [-0.3, -0.25) is 9.69 Å². The van der Waals surface area contributed by atoms with E-state index in [1.54, 1.807) is 14.0 Å². The fourth-order valence-electron chi connectivity index (χ4n) is 1.40. The van der Waals surface area contributed by atoms with Gasteiger partial charge in [0.15, 0.2) is 0 Å². The summed E-state index contributed by atoms with van der Waals surface area (Å²) in [6, 6.07) is 0. The summed E-state index contributed by atoms with van der Waals surface area (Å²) in [5, 5.41) is 0. The van der Waals surface area contributed by atoms with Crippen LogP contribution in [0.5, 0.6) is 0 Å². The molecule has 0 bridgehead atoms. The van der Waals surface area contributed by atoms with E-state index in [2.05, 4.69) is 0 Å². The van der Waals surface area contributed by atoms with Crippen molar-refractivity contribution in [1.82, 2.24) is 4.90 Å². The Hall–Kier alpha value is -0.690. The van der Waals surface area contributed by atoms with Crippen molar-refractivity contribution < 1.29 is 23.7 Å². The first kappa shape index (κ1) is 18.3. The third-order valence-electron chi connectivity index (χ3n) is 2.46. The normalized spacial score (nSPS) is 10.9. The molecule has 0 saturated heterocycles. The van der Waals surface area contributed by atoms with Crippen molar-refractivity contribution in [2.24, 2.45) is 0 Å². The van der Waals surface area contributed by atoms with Gasteiger partial charge in [0, 0.05) is 13.7 Å². The molecule has 0 saturated carbocycles. The predicted molar refractivity (Wildman–Crippen MR) is 72.3 cm³/mol. The maximum Gasteiger partial charge on any atom is 0.320 e. The average Bonchev–Trinajstić information content (AvgIpc) is 2.40. The summed E-state index contributed by atoms with van der Waals surface area (Å²) in [6.45, 7) is 8.96. The molecule has 0 N–H and O–H groups in total. The second kappa shape index (κ2) is 13.7. The smallest absolute Gasteiger partial charge is 0.320 e. The Morgan fingerprint density at radius 2 is 1.63 bits per heavy atom. The molecule has 0 aliphatic heterocycles. The number of hydrogen-bond acceptors (Lipinski definition) is 6. The minimum atomic E-state index is -0.188. The van der Waals surface area contributed by atoms with Crippen LogP contribution in [-0.2, 0) is 23.7 Å². The van der Waals surface area contributed by atoms with E-state index in [4.69, 9.17) is 18.9 Å². The topological polar surface area (TPSA) is 57.2 Å². The van der Waals surface area contributed by atoms with Crippen LogP contribution in [0, 0.1) is 0 Å². The second-order valence-electron chi connectivity index (χ2n) is 3.89. The number of hydrogen-bond donors (Lipinski definition) is 0. The summed E-state index contributed by atoms with van der Waals surface area (Å²) < 4.78 is 20.5. The Morgan fingerprint density at radius 1 is 1.00 bits per heavy atom. The lowest BCUT2D eigenvalue weighted by Gasteiger charge is -2.19. The molecule has 0 radical (unpaired) electrons. The third-order valence-corrected chi connectivity index (χ3v) is 2.46. The third kappa shape index (κ3) is 12.1. The average molecular weight is 277 g/mol. The van der Waals surface area contributed by atoms with Crippen molar-refractivity contribution in [2.75, 3.05) is 66.4 Å². The Labute approximate surface area is 115 Å². The van der Waals surface area contributed by atoms with Gasteiger partial charge in [0.25, 0.3) is 0 Å². The highest BCUT2D eigenvalue weighted by Crippen LogP contribution is 1.91. The van der Waals surface area contributed by atoms with Gasteiger partial charge in [-0.1, -0.05) is 6.92 Å². The van der Waals surface area contributed by atoms with Crippen molar-refractivity contribution in [1.29, 1.82) is 0 Å². The molecular weight excluding hydrogens is 250 g/mol. The van der Waals surface area contributed by atoms with E-state index in [0.29, 0.717) is 52.7 Å². The summed E-state index contributed by atoms with van der Waals surface area (Å²) in [5.74, 6) is -0.188. The van der Waals surface area contributed by atoms with Crippen molar-refractivity contribution >= 4 is 5.97 Å². The minimum absolute atomic E-state index is 0.188. The lowest BCUT2D eigenvalue weighted by Crippen LogP contribution is -2.33. The van der Waals surface area contributed by atoms with E-state index < -0.39 is 0 Å². The monoisotopic (exact) mass is 277 g/mol. The van der Waals surface area contributed by atoms with Gasteiger partial charge < -0.3 is 18.9 Å². The first-order valence-corrected chi connectivity index (χ1v) is 6.76. The minimum Gasteiger partial charge on any atom is -0.465 e. The van der Waals surface area contributed by atoms with Crippen molar-refractivity contribution in [3.8, 4) is 0 Å². The number of methoxy groups -OCH3 is 1. The van der Waals surface area contributed by atoms with Crippen LogP contribution >= 0.6 is 0 Å². The zero-order chi connectivity index (χ0) is 14.3. The summed E-state index contributed by atoms with van der Waals surface area (Å²) in [6.07, 6.45) is 0. The molecule has 19 heavy (non-hydrogen) atoms. The summed E-state index contributed by atoms with van der Waals surface area (Å²) in [5.41, 5.74) is 0. The molecule has 0 aromatic rings. The van der Waals surface area contributed by atoms with Crippen LogP contribution in [0.1, 0.15) is 13.8 Å². The van der Waals surface area contributed by atoms with Gasteiger partial charge in [0.05, 0.1) is 46.2 Å². The SMILES string of the molecule is CCOC(=O)CN(CC)CCOCCOCCOC. The van der Waals surface area contributed by atoms with E-state index in [0.717, 1.165) is 6.54 Å². The Balaban J connectivity index is 3.43. The fourth-order valence-corrected chi connectivity index (χ4v) is 1.40.